The van der Waals surface area contributed by atoms with Gasteiger partial charge in [-0.1, -0.05) is 19.1 Å². The van der Waals surface area contributed by atoms with Gasteiger partial charge in [-0.25, -0.2) is 0 Å². The first-order chi connectivity index (χ1) is 7.70. The summed E-state index contributed by atoms with van der Waals surface area (Å²) in [6.45, 7) is 2.55. The molecule has 3 heteroatoms. The van der Waals surface area contributed by atoms with Crippen LogP contribution in [0, 0.1) is 17.8 Å². The maximum atomic E-state index is 11.9. The predicted molar refractivity (Wildman–Crippen MR) is 62.8 cm³/mol. The van der Waals surface area contributed by atoms with E-state index in [0.29, 0.717) is 24.8 Å². The maximum Gasteiger partial charge on any atom is 0.223 e. The molecule has 2 aliphatic rings. The highest BCUT2D eigenvalue weighted by Gasteiger charge is 2.39. The monoisotopic (exact) mass is 223 g/mol. The van der Waals surface area contributed by atoms with Crippen LogP contribution in [0.2, 0.25) is 0 Å². The van der Waals surface area contributed by atoms with Crippen LogP contribution in [0.4, 0.5) is 0 Å². The number of carbonyl (C=O) groups excluding carboxylic acids is 1. The Balaban J connectivity index is 1.71. The average Bonchev–Trinajstić information content (AvgIpc) is 2.90. The minimum atomic E-state index is -0.278. The van der Waals surface area contributed by atoms with Gasteiger partial charge < -0.3 is 10.4 Å². The van der Waals surface area contributed by atoms with Gasteiger partial charge in [0.05, 0.1) is 6.10 Å². The average molecular weight is 223 g/mol. The van der Waals surface area contributed by atoms with Gasteiger partial charge in [0.2, 0.25) is 5.91 Å². The molecule has 2 N–H and O–H groups in total. The number of aliphatic hydroxyl groups excluding tert-OH is 1. The standard InChI is InChI=1S/C13H21NO2/c1-2-11(15)5-6-14-13(16)12-8-9-3-4-10(12)7-9/h3-4,9-12,15H,2,5-8H2,1H3,(H,14,16). The molecule has 0 aliphatic heterocycles. The van der Waals surface area contributed by atoms with Crippen molar-refractivity contribution >= 4 is 5.91 Å². The summed E-state index contributed by atoms with van der Waals surface area (Å²) in [5, 5.41) is 12.3. The fourth-order valence-electron chi connectivity index (χ4n) is 2.78. The van der Waals surface area contributed by atoms with Crippen LogP contribution in [-0.2, 0) is 4.79 Å². The highest BCUT2D eigenvalue weighted by molar-refractivity contribution is 5.79. The van der Waals surface area contributed by atoms with E-state index in [9.17, 15) is 9.90 Å². The van der Waals surface area contributed by atoms with Gasteiger partial charge in [0.25, 0.3) is 0 Å². The number of carbonyl (C=O) groups is 1. The topological polar surface area (TPSA) is 49.3 Å². The Kier molecular flexibility index (Phi) is 3.64. The van der Waals surface area contributed by atoms with Crippen molar-refractivity contribution < 1.29 is 9.90 Å². The summed E-state index contributed by atoms with van der Waals surface area (Å²) in [5.41, 5.74) is 0. The van der Waals surface area contributed by atoms with E-state index in [0.717, 1.165) is 19.3 Å². The molecule has 0 aromatic rings. The van der Waals surface area contributed by atoms with Crippen LogP contribution < -0.4 is 5.32 Å². The van der Waals surface area contributed by atoms with Crippen molar-refractivity contribution in [2.45, 2.75) is 38.7 Å². The van der Waals surface area contributed by atoms with Crippen LogP contribution in [-0.4, -0.2) is 23.7 Å². The molecule has 2 aliphatic carbocycles. The lowest BCUT2D eigenvalue weighted by molar-refractivity contribution is -0.125. The van der Waals surface area contributed by atoms with E-state index >= 15 is 0 Å². The van der Waals surface area contributed by atoms with Crippen molar-refractivity contribution in [2.24, 2.45) is 17.8 Å². The molecule has 4 unspecified atom stereocenters. The Bertz CT molecular complexity index is 288. The largest absolute Gasteiger partial charge is 0.393 e. The number of hydrogen-bond donors (Lipinski definition) is 2. The zero-order valence-corrected chi connectivity index (χ0v) is 9.86. The van der Waals surface area contributed by atoms with Gasteiger partial charge in [-0.3, -0.25) is 4.79 Å². The maximum absolute atomic E-state index is 11.9. The Labute approximate surface area is 96.9 Å². The molecule has 16 heavy (non-hydrogen) atoms. The highest BCUT2D eigenvalue weighted by Crippen LogP contribution is 2.43. The van der Waals surface area contributed by atoms with Crippen molar-refractivity contribution in [3.63, 3.8) is 0 Å². The number of rotatable bonds is 5. The molecule has 0 saturated heterocycles. The molecule has 1 amide bonds. The summed E-state index contributed by atoms with van der Waals surface area (Å²) in [4.78, 5) is 11.9. The molecule has 4 atom stereocenters. The van der Waals surface area contributed by atoms with E-state index in [2.05, 4.69) is 17.5 Å². The summed E-state index contributed by atoms with van der Waals surface area (Å²) in [6, 6.07) is 0. The van der Waals surface area contributed by atoms with Gasteiger partial charge in [-0.15, -0.1) is 0 Å². The fourth-order valence-corrected chi connectivity index (χ4v) is 2.78. The van der Waals surface area contributed by atoms with Gasteiger partial charge in [0.1, 0.15) is 0 Å². The Morgan fingerprint density at radius 1 is 1.50 bits per heavy atom. The number of amides is 1. The summed E-state index contributed by atoms with van der Waals surface area (Å²) in [7, 11) is 0. The second-order valence-corrected chi connectivity index (χ2v) is 5.03. The lowest BCUT2D eigenvalue weighted by atomic mass is 9.93. The number of aliphatic hydroxyl groups is 1. The first kappa shape index (κ1) is 11.6. The molecule has 90 valence electrons. The number of allylic oxidation sites excluding steroid dienone is 2. The van der Waals surface area contributed by atoms with E-state index in [1.54, 1.807) is 0 Å². The number of fused-ring (bicyclic) bond motifs is 2. The van der Waals surface area contributed by atoms with Crippen LogP contribution in [0.15, 0.2) is 12.2 Å². The molecule has 1 fully saturated rings. The molecular formula is C13H21NO2. The van der Waals surface area contributed by atoms with E-state index in [1.165, 1.54) is 0 Å². The van der Waals surface area contributed by atoms with E-state index in [4.69, 9.17) is 0 Å². The zero-order valence-electron chi connectivity index (χ0n) is 9.86. The van der Waals surface area contributed by atoms with E-state index < -0.39 is 0 Å². The quantitative estimate of drug-likeness (QED) is 0.693. The fraction of sp³-hybridized carbons (Fsp3) is 0.769. The van der Waals surface area contributed by atoms with Crippen molar-refractivity contribution in [2.75, 3.05) is 6.54 Å². The van der Waals surface area contributed by atoms with Gasteiger partial charge in [0.15, 0.2) is 0 Å². The van der Waals surface area contributed by atoms with Gasteiger partial charge in [-0.2, -0.15) is 0 Å². The van der Waals surface area contributed by atoms with Crippen LogP contribution in [0.25, 0.3) is 0 Å². The van der Waals surface area contributed by atoms with Crippen LogP contribution >= 0.6 is 0 Å². The van der Waals surface area contributed by atoms with Crippen LogP contribution in [0.1, 0.15) is 32.6 Å². The molecule has 0 radical (unpaired) electrons. The summed E-state index contributed by atoms with van der Waals surface area (Å²) < 4.78 is 0. The third-order valence-electron chi connectivity index (χ3n) is 3.86. The Morgan fingerprint density at radius 3 is 2.88 bits per heavy atom. The number of nitrogens with one attached hydrogen (secondary N) is 1. The van der Waals surface area contributed by atoms with Crippen molar-refractivity contribution in [3.8, 4) is 0 Å². The zero-order chi connectivity index (χ0) is 11.5. The minimum absolute atomic E-state index is 0.181. The Hall–Kier alpha value is -0.830. The predicted octanol–water partition coefficient (Wildman–Crippen LogP) is 1.48. The van der Waals surface area contributed by atoms with Gasteiger partial charge in [-0.05, 0) is 37.5 Å². The Morgan fingerprint density at radius 2 is 2.31 bits per heavy atom. The van der Waals surface area contributed by atoms with Gasteiger partial charge in [0, 0.05) is 12.5 Å². The SMILES string of the molecule is CCC(O)CCNC(=O)C1CC2C=CC1C2. The first-order valence-corrected chi connectivity index (χ1v) is 6.34. The molecule has 2 bridgehead atoms. The second-order valence-electron chi connectivity index (χ2n) is 5.03. The molecular weight excluding hydrogens is 202 g/mol. The van der Waals surface area contributed by atoms with Crippen LogP contribution in [0.5, 0.6) is 0 Å². The van der Waals surface area contributed by atoms with E-state index in [1.807, 2.05) is 6.92 Å². The lowest BCUT2D eigenvalue weighted by Crippen LogP contribution is -2.34. The third kappa shape index (κ3) is 2.46. The lowest BCUT2D eigenvalue weighted by Gasteiger charge is -2.18. The van der Waals surface area contributed by atoms with Crippen molar-refractivity contribution in [1.29, 1.82) is 0 Å². The summed E-state index contributed by atoms with van der Waals surface area (Å²) >= 11 is 0. The van der Waals surface area contributed by atoms with Gasteiger partial charge >= 0.3 is 0 Å². The summed E-state index contributed by atoms with van der Waals surface area (Å²) in [5.74, 6) is 1.48. The molecule has 1 saturated carbocycles. The smallest absolute Gasteiger partial charge is 0.223 e. The molecule has 3 nitrogen and oxygen atoms in total. The molecule has 2 rings (SSSR count). The molecule has 0 spiro atoms. The minimum Gasteiger partial charge on any atom is -0.393 e. The highest BCUT2D eigenvalue weighted by atomic mass is 16.3. The van der Waals surface area contributed by atoms with E-state index in [-0.39, 0.29) is 17.9 Å². The normalized spacial score (nSPS) is 33.0. The van der Waals surface area contributed by atoms with Crippen LogP contribution in [0.3, 0.4) is 0 Å². The number of hydrogen-bond acceptors (Lipinski definition) is 2. The molecule has 0 aromatic heterocycles. The second kappa shape index (κ2) is 5.00. The first-order valence-electron chi connectivity index (χ1n) is 6.34. The van der Waals surface area contributed by atoms with Crippen molar-refractivity contribution in [3.05, 3.63) is 12.2 Å². The van der Waals surface area contributed by atoms with Crippen molar-refractivity contribution in [1.82, 2.24) is 5.32 Å². The third-order valence-corrected chi connectivity index (χ3v) is 3.86. The summed E-state index contributed by atoms with van der Waals surface area (Å²) in [6.07, 6.45) is 7.76. The molecule has 0 heterocycles. The molecule has 0 aromatic carbocycles.